The molecule has 0 unspecified atom stereocenters. The van der Waals surface area contributed by atoms with Crippen molar-refractivity contribution in [3.05, 3.63) is 77.4 Å². The summed E-state index contributed by atoms with van der Waals surface area (Å²) >= 11 is 0. The van der Waals surface area contributed by atoms with E-state index < -0.39 is 0 Å². The monoisotopic (exact) mass is 527 g/mol. The summed E-state index contributed by atoms with van der Waals surface area (Å²) in [6.45, 7) is 2.50. The largest absolute Gasteiger partial charge is 0.496 e. The number of hydrogen-bond donors (Lipinski definition) is 2. The number of rotatable bonds is 4. The van der Waals surface area contributed by atoms with Crippen molar-refractivity contribution in [3.63, 3.8) is 0 Å². The Bertz CT molecular complexity index is 1410. The van der Waals surface area contributed by atoms with Gasteiger partial charge in [0, 0.05) is 24.5 Å². The average molecular weight is 528 g/mol. The SMILES string of the molecule is COc1cc(C(=O)N2CCCCc3cnccc32)ccc1C(=O)Nc1cccc2[nH]c(C)nc12.Cl.Cl. The average Bonchev–Trinajstić information content (AvgIpc) is 3.11. The number of carbonyl (C=O) groups excluding carboxylic acids is 2. The normalized spacial score (nSPS) is 12.6. The molecule has 4 aromatic rings. The molecule has 2 amide bonds. The molecule has 1 aliphatic heterocycles. The molecule has 188 valence electrons. The van der Waals surface area contributed by atoms with E-state index in [-0.39, 0.29) is 36.6 Å². The fraction of sp³-hybridized carbons (Fsp3) is 0.231. The minimum absolute atomic E-state index is 0. The van der Waals surface area contributed by atoms with Crippen LogP contribution < -0.4 is 15.0 Å². The molecule has 8 nitrogen and oxygen atoms in total. The Kier molecular flexibility index (Phi) is 8.55. The number of para-hydroxylation sites is 1. The molecule has 0 bridgehead atoms. The third-order valence-electron chi connectivity index (χ3n) is 6.06. The van der Waals surface area contributed by atoms with E-state index in [9.17, 15) is 9.59 Å². The zero-order chi connectivity index (χ0) is 23.7. The Balaban J connectivity index is 0.00000180. The predicted molar refractivity (Wildman–Crippen MR) is 145 cm³/mol. The third-order valence-corrected chi connectivity index (χ3v) is 6.06. The van der Waals surface area contributed by atoms with Gasteiger partial charge in [-0.15, -0.1) is 24.8 Å². The summed E-state index contributed by atoms with van der Waals surface area (Å²) in [5, 5.41) is 2.92. The Morgan fingerprint density at radius 3 is 2.75 bits per heavy atom. The predicted octanol–water partition coefficient (Wildman–Crippen LogP) is 5.35. The Labute approximate surface area is 221 Å². The minimum Gasteiger partial charge on any atom is -0.496 e. The maximum absolute atomic E-state index is 13.4. The van der Waals surface area contributed by atoms with Crippen molar-refractivity contribution < 1.29 is 14.3 Å². The van der Waals surface area contributed by atoms with E-state index in [2.05, 4.69) is 20.3 Å². The van der Waals surface area contributed by atoms with Gasteiger partial charge in [0.2, 0.25) is 0 Å². The highest BCUT2D eigenvalue weighted by Crippen LogP contribution is 2.29. The van der Waals surface area contributed by atoms with Crippen LogP contribution >= 0.6 is 24.8 Å². The first-order valence-corrected chi connectivity index (χ1v) is 11.2. The molecule has 36 heavy (non-hydrogen) atoms. The van der Waals surface area contributed by atoms with Crippen LogP contribution in [-0.4, -0.2) is 40.4 Å². The summed E-state index contributed by atoms with van der Waals surface area (Å²) in [5.74, 6) is 0.632. The molecule has 5 rings (SSSR count). The van der Waals surface area contributed by atoms with E-state index in [0.717, 1.165) is 41.9 Å². The van der Waals surface area contributed by atoms with Gasteiger partial charge in [0.05, 0.1) is 29.6 Å². The molecule has 2 aromatic carbocycles. The molecule has 0 atom stereocenters. The van der Waals surface area contributed by atoms with Crippen molar-refractivity contribution in [2.45, 2.75) is 26.2 Å². The number of aromatic nitrogens is 3. The molecule has 0 radical (unpaired) electrons. The highest BCUT2D eigenvalue weighted by atomic mass is 35.5. The summed E-state index contributed by atoms with van der Waals surface area (Å²) in [5.41, 5.74) is 4.89. The van der Waals surface area contributed by atoms with E-state index >= 15 is 0 Å². The van der Waals surface area contributed by atoms with Crippen LogP contribution in [0.1, 0.15) is 44.9 Å². The zero-order valence-electron chi connectivity index (χ0n) is 19.9. The number of ether oxygens (including phenoxy) is 1. The van der Waals surface area contributed by atoms with Crippen LogP contribution in [0.15, 0.2) is 54.9 Å². The van der Waals surface area contributed by atoms with Crippen molar-refractivity contribution in [1.82, 2.24) is 15.0 Å². The second-order valence-electron chi connectivity index (χ2n) is 8.31. The van der Waals surface area contributed by atoms with E-state index in [1.54, 1.807) is 35.4 Å². The Morgan fingerprint density at radius 2 is 1.94 bits per heavy atom. The van der Waals surface area contributed by atoms with Crippen LogP contribution in [0.4, 0.5) is 11.4 Å². The lowest BCUT2D eigenvalue weighted by Gasteiger charge is -2.23. The number of halogens is 2. The molecule has 0 saturated carbocycles. The molecule has 10 heteroatoms. The number of benzene rings is 2. The number of aryl methyl sites for hydroxylation is 2. The second-order valence-corrected chi connectivity index (χ2v) is 8.31. The third kappa shape index (κ3) is 5.15. The van der Waals surface area contributed by atoms with Crippen molar-refractivity contribution in [3.8, 4) is 5.75 Å². The number of fused-ring (bicyclic) bond motifs is 2. The van der Waals surface area contributed by atoms with Crippen molar-refractivity contribution in [2.75, 3.05) is 23.9 Å². The standard InChI is InChI=1S/C26H25N5O3.2ClH/c1-16-28-20-7-5-8-21(24(20)29-16)30-25(32)19-10-9-17(14-23(19)34-2)26(33)31-13-4-3-6-18-15-27-12-11-22(18)31;;/h5,7-12,14-15H,3-4,6,13H2,1-2H3,(H,28,29)(H,30,32);2*1H. The van der Waals surface area contributed by atoms with Crippen LogP contribution in [0, 0.1) is 6.92 Å². The number of anilines is 2. The van der Waals surface area contributed by atoms with Crippen LogP contribution in [-0.2, 0) is 6.42 Å². The number of nitrogens with one attached hydrogen (secondary N) is 2. The summed E-state index contributed by atoms with van der Waals surface area (Å²) in [4.78, 5) is 40.2. The Morgan fingerprint density at radius 1 is 1.11 bits per heavy atom. The van der Waals surface area contributed by atoms with Crippen LogP contribution in [0.25, 0.3) is 11.0 Å². The summed E-state index contributed by atoms with van der Waals surface area (Å²) in [6, 6.07) is 12.4. The molecule has 3 heterocycles. The van der Waals surface area contributed by atoms with Gasteiger partial charge in [-0.25, -0.2) is 4.98 Å². The molecule has 2 N–H and O–H groups in total. The van der Waals surface area contributed by atoms with Crippen LogP contribution in [0.3, 0.4) is 0 Å². The fourth-order valence-corrected chi connectivity index (χ4v) is 4.41. The lowest BCUT2D eigenvalue weighted by atomic mass is 10.1. The molecular weight excluding hydrogens is 501 g/mol. The van der Waals surface area contributed by atoms with Gasteiger partial charge in [-0.2, -0.15) is 0 Å². The number of methoxy groups -OCH3 is 1. The molecule has 0 spiro atoms. The van der Waals surface area contributed by atoms with Gasteiger partial charge in [-0.05, 0) is 68.1 Å². The number of pyridine rings is 1. The number of aromatic amines is 1. The first kappa shape index (κ1) is 27.0. The van der Waals surface area contributed by atoms with Crippen LogP contribution in [0.5, 0.6) is 5.75 Å². The number of hydrogen-bond acceptors (Lipinski definition) is 5. The van der Waals surface area contributed by atoms with Gasteiger partial charge < -0.3 is 19.9 Å². The minimum atomic E-state index is -0.338. The number of amides is 2. The quantitative estimate of drug-likeness (QED) is 0.372. The molecule has 0 saturated heterocycles. The summed E-state index contributed by atoms with van der Waals surface area (Å²) < 4.78 is 5.50. The van der Waals surface area contributed by atoms with E-state index in [1.165, 1.54) is 7.11 Å². The maximum Gasteiger partial charge on any atom is 0.259 e. The van der Waals surface area contributed by atoms with Gasteiger partial charge in [-0.3, -0.25) is 14.6 Å². The lowest BCUT2D eigenvalue weighted by molar-refractivity contribution is 0.0982. The maximum atomic E-state index is 13.4. The van der Waals surface area contributed by atoms with E-state index in [1.807, 2.05) is 31.3 Å². The number of H-pyrrole nitrogens is 1. The molecule has 1 aliphatic rings. The van der Waals surface area contributed by atoms with Gasteiger partial charge in [0.25, 0.3) is 11.8 Å². The number of imidazole rings is 1. The summed E-state index contributed by atoms with van der Waals surface area (Å²) in [7, 11) is 1.49. The lowest BCUT2D eigenvalue weighted by Crippen LogP contribution is -2.32. The zero-order valence-corrected chi connectivity index (χ0v) is 21.5. The molecule has 0 fully saturated rings. The first-order chi connectivity index (χ1) is 16.5. The van der Waals surface area contributed by atoms with Crippen molar-refractivity contribution in [2.24, 2.45) is 0 Å². The molecular formula is C26H27Cl2N5O3. The smallest absolute Gasteiger partial charge is 0.259 e. The first-order valence-electron chi connectivity index (χ1n) is 11.2. The fourth-order valence-electron chi connectivity index (χ4n) is 4.41. The van der Waals surface area contributed by atoms with Crippen LogP contribution in [0.2, 0.25) is 0 Å². The van der Waals surface area contributed by atoms with Gasteiger partial charge in [0.15, 0.2) is 0 Å². The van der Waals surface area contributed by atoms with Gasteiger partial charge in [0.1, 0.15) is 17.1 Å². The highest BCUT2D eigenvalue weighted by Gasteiger charge is 2.24. The Hall–Kier alpha value is -3.62. The van der Waals surface area contributed by atoms with E-state index in [4.69, 9.17) is 4.74 Å². The topological polar surface area (TPSA) is 100 Å². The molecule has 2 aromatic heterocycles. The highest BCUT2D eigenvalue weighted by molar-refractivity contribution is 6.11. The summed E-state index contributed by atoms with van der Waals surface area (Å²) in [6.07, 6.45) is 6.36. The van der Waals surface area contributed by atoms with Gasteiger partial charge >= 0.3 is 0 Å². The van der Waals surface area contributed by atoms with Crippen molar-refractivity contribution in [1.29, 1.82) is 0 Å². The van der Waals surface area contributed by atoms with Gasteiger partial charge in [-0.1, -0.05) is 6.07 Å². The number of carbonyl (C=O) groups is 2. The second kappa shape index (κ2) is 11.4. The van der Waals surface area contributed by atoms with Crippen molar-refractivity contribution >= 4 is 59.0 Å². The molecule has 0 aliphatic carbocycles. The van der Waals surface area contributed by atoms with E-state index in [0.29, 0.717) is 34.6 Å². The number of nitrogens with zero attached hydrogens (tertiary/aromatic N) is 3.